The SMILES string of the molecule is COc1ccc(OC)c(C(=O)COC(=O)c2cnc(SC)n2-c2ccc(F)cc2)c1. The third kappa shape index (κ3) is 4.46. The Morgan fingerprint density at radius 3 is 2.47 bits per heavy atom. The van der Waals surface area contributed by atoms with E-state index in [4.69, 9.17) is 14.2 Å². The predicted molar refractivity (Wildman–Crippen MR) is 109 cm³/mol. The summed E-state index contributed by atoms with van der Waals surface area (Å²) in [6.07, 6.45) is 3.16. The van der Waals surface area contributed by atoms with E-state index in [1.165, 1.54) is 62.5 Å². The Balaban J connectivity index is 1.81. The second kappa shape index (κ2) is 9.45. The second-order valence-corrected chi connectivity index (χ2v) is 6.78. The van der Waals surface area contributed by atoms with Crippen LogP contribution in [-0.4, -0.2) is 48.4 Å². The van der Waals surface area contributed by atoms with Gasteiger partial charge in [0, 0.05) is 5.69 Å². The van der Waals surface area contributed by atoms with Crippen LogP contribution in [0.5, 0.6) is 11.5 Å². The molecule has 0 unspecified atom stereocenters. The first-order valence-corrected chi connectivity index (χ1v) is 10.0. The molecule has 3 aromatic rings. The second-order valence-electron chi connectivity index (χ2n) is 6.01. The van der Waals surface area contributed by atoms with E-state index in [0.717, 1.165) is 0 Å². The molecule has 0 amide bonds. The van der Waals surface area contributed by atoms with Gasteiger partial charge in [0.2, 0.25) is 5.78 Å². The molecule has 30 heavy (non-hydrogen) atoms. The summed E-state index contributed by atoms with van der Waals surface area (Å²) < 4.78 is 30.4. The monoisotopic (exact) mass is 430 g/mol. The molecule has 0 saturated heterocycles. The summed E-state index contributed by atoms with van der Waals surface area (Å²) in [7, 11) is 2.92. The van der Waals surface area contributed by atoms with Gasteiger partial charge in [-0.15, -0.1) is 0 Å². The number of ketones is 1. The van der Waals surface area contributed by atoms with Gasteiger partial charge in [0.1, 0.15) is 17.3 Å². The maximum atomic E-state index is 13.3. The Morgan fingerprint density at radius 1 is 1.10 bits per heavy atom. The molecule has 0 atom stereocenters. The van der Waals surface area contributed by atoms with Crippen molar-refractivity contribution in [2.45, 2.75) is 5.16 Å². The molecule has 0 bridgehead atoms. The topological polar surface area (TPSA) is 79.7 Å². The number of methoxy groups -OCH3 is 2. The number of ether oxygens (including phenoxy) is 3. The standard InChI is InChI=1S/C21H19FN2O5S/c1-27-15-8-9-19(28-2)16(10-15)18(25)12-29-20(26)17-11-23-21(30-3)24(17)14-6-4-13(22)5-7-14/h4-11H,12H2,1-3H3. The van der Waals surface area contributed by atoms with Crippen LogP contribution in [0.1, 0.15) is 20.8 Å². The van der Waals surface area contributed by atoms with Gasteiger partial charge in [0.15, 0.2) is 17.5 Å². The molecule has 1 aromatic heterocycles. The Labute approximate surface area is 176 Å². The maximum absolute atomic E-state index is 13.3. The summed E-state index contributed by atoms with van der Waals surface area (Å²) >= 11 is 1.32. The molecule has 0 fully saturated rings. The molecular weight excluding hydrogens is 411 g/mol. The largest absolute Gasteiger partial charge is 0.497 e. The number of nitrogens with zero attached hydrogens (tertiary/aromatic N) is 2. The zero-order valence-corrected chi connectivity index (χ0v) is 17.4. The normalized spacial score (nSPS) is 10.5. The third-order valence-electron chi connectivity index (χ3n) is 4.25. The van der Waals surface area contributed by atoms with Gasteiger partial charge in [0.05, 0.1) is 26.0 Å². The van der Waals surface area contributed by atoms with E-state index in [-0.39, 0.29) is 11.3 Å². The quantitative estimate of drug-likeness (QED) is 0.306. The van der Waals surface area contributed by atoms with Gasteiger partial charge in [0.25, 0.3) is 0 Å². The lowest BCUT2D eigenvalue weighted by atomic mass is 10.1. The highest BCUT2D eigenvalue weighted by Crippen LogP contribution is 2.25. The number of aromatic nitrogens is 2. The number of rotatable bonds is 8. The number of carbonyl (C=O) groups excluding carboxylic acids is 2. The van der Waals surface area contributed by atoms with Crippen molar-refractivity contribution in [3.05, 3.63) is 65.7 Å². The lowest BCUT2D eigenvalue weighted by Crippen LogP contribution is -2.17. The summed E-state index contributed by atoms with van der Waals surface area (Å²) in [5.74, 6) is -0.756. The van der Waals surface area contributed by atoms with E-state index < -0.39 is 24.2 Å². The van der Waals surface area contributed by atoms with Crippen molar-refractivity contribution in [3.63, 3.8) is 0 Å². The number of carbonyl (C=O) groups is 2. The van der Waals surface area contributed by atoms with E-state index in [1.807, 2.05) is 0 Å². The average molecular weight is 430 g/mol. The molecule has 0 N–H and O–H groups in total. The van der Waals surface area contributed by atoms with Crippen molar-refractivity contribution in [2.75, 3.05) is 27.1 Å². The molecule has 1 heterocycles. The van der Waals surface area contributed by atoms with Gasteiger partial charge < -0.3 is 14.2 Å². The molecule has 7 nitrogen and oxygen atoms in total. The molecule has 0 spiro atoms. The Morgan fingerprint density at radius 2 is 1.83 bits per heavy atom. The molecule has 0 aliphatic heterocycles. The van der Waals surface area contributed by atoms with Crippen LogP contribution >= 0.6 is 11.8 Å². The summed E-state index contributed by atoms with van der Waals surface area (Å²) in [5.41, 5.74) is 0.906. The van der Waals surface area contributed by atoms with Crippen LogP contribution in [0.3, 0.4) is 0 Å². The highest BCUT2D eigenvalue weighted by Gasteiger charge is 2.21. The number of Topliss-reactive ketones (excluding diaryl/α,β-unsaturated/α-hetero) is 1. The highest BCUT2D eigenvalue weighted by atomic mass is 32.2. The Kier molecular flexibility index (Phi) is 6.73. The van der Waals surface area contributed by atoms with Crippen molar-refractivity contribution in [1.29, 1.82) is 0 Å². The first-order chi connectivity index (χ1) is 14.5. The first kappa shape index (κ1) is 21.4. The molecule has 0 aliphatic rings. The zero-order valence-electron chi connectivity index (χ0n) is 16.5. The Bertz CT molecular complexity index is 1070. The third-order valence-corrected chi connectivity index (χ3v) is 4.90. The molecule has 0 aliphatic carbocycles. The summed E-state index contributed by atoms with van der Waals surface area (Å²) in [6.45, 7) is -0.494. The molecule has 156 valence electrons. The van der Waals surface area contributed by atoms with Gasteiger partial charge in [-0.3, -0.25) is 9.36 Å². The smallest absolute Gasteiger partial charge is 0.357 e. The van der Waals surface area contributed by atoms with Gasteiger partial charge >= 0.3 is 5.97 Å². The van der Waals surface area contributed by atoms with E-state index >= 15 is 0 Å². The lowest BCUT2D eigenvalue weighted by Gasteiger charge is -2.12. The van der Waals surface area contributed by atoms with Crippen LogP contribution in [0, 0.1) is 5.82 Å². The van der Waals surface area contributed by atoms with E-state index in [1.54, 1.807) is 23.0 Å². The van der Waals surface area contributed by atoms with Gasteiger partial charge in [-0.2, -0.15) is 0 Å². The molecule has 2 aromatic carbocycles. The van der Waals surface area contributed by atoms with Gasteiger partial charge in [-0.25, -0.2) is 14.2 Å². The summed E-state index contributed by atoms with van der Waals surface area (Å²) in [4.78, 5) is 29.5. The van der Waals surface area contributed by atoms with Crippen molar-refractivity contribution in [1.82, 2.24) is 9.55 Å². The van der Waals surface area contributed by atoms with E-state index in [0.29, 0.717) is 22.3 Å². The molecular formula is C21H19FN2O5S. The fourth-order valence-electron chi connectivity index (χ4n) is 2.78. The maximum Gasteiger partial charge on any atom is 0.357 e. The molecule has 0 saturated carbocycles. The fraction of sp³-hybridized carbons (Fsp3) is 0.190. The minimum absolute atomic E-state index is 0.122. The number of hydrogen-bond acceptors (Lipinski definition) is 7. The van der Waals surface area contributed by atoms with Crippen LogP contribution in [-0.2, 0) is 4.74 Å². The molecule has 3 rings (SSSR count). The van der Waals surface area contributed by atoms with Crippen LogP contribution in [0.25, 0.3) is 5.69 Å². The minimum atomic E-state index is -0.734. The summed E-state index contributed by atoms with van der Waals surface area (Å²) in [6, 6.07) is 10.4. The van der Waals surface area contributed by atoms with Crippen LogP contribution in [0.2, 0.25) is 0 Å². The lowest BCUT2D eigenvalue weighted by molar-refractivity contribution is 0.0465. The number of imidazole rings is 1. The number of thioether (sulfide) groups is 1. The van der Waals surface area contributed by atoms with Gasteiger partial charge in [-0.05, 0) is 48.7 Å². The van der Waals surface area contributed by atoms with E-state index in [9.17, 15) is 14.0 Å². The van der Waals surface area contributed by atoms with Crippen LogP contribution in [0.4, 0.5) is 4.39 Å². The minimum Gasteiger partial charge on any atom is -0.497 e. The first-order valence-electron chi connectivity index (χ1n) is 8.78. The van der Waals surface area contributed by atoms with Gasteiger partial charge in [-0.1, -0.05) is 11.8 Å². The average Bonchev–Trinajstić information content (AvgIpc) is 3.21. The number of esters is 1. The predicted octanol–water partition coefficient (Wildman–Crippen LogP) is 3.79. The van der Waals surface area contributed by atoms with Crippen molar-refractivity contribution >= 4 is 23.5 Å². The van der Waals surface area contributed by atoms with E-state index in [2.05, 4.69) is 4.98 Å². The highest BCUT2D eigenvalue weighted by molar-refractivity contribution is 7.98. The zero-order chi connectivity index (χ0) is 21.7. The number of benzene rings is 2. The van der Waals surface area contributed by atoms with Crippen molar-refractivity contribution < 1.29 is 28.2 Å². The summed E-state index contributed by atoms with van der Waals surface area (Å²) in [5, 5.41) is 0.523. The van der Waals surface area contributed by atoms with Crippen LogP contribution < -0.4 is 9.47 Å². The number of halogens is 1. The van der Waals surface area contributed by atoms with Crippen LogP contribution in [0.15, 0.2) is 53.8 Å². The Hall–Kier alpha value is -3.33. The van der Waals surface area contributed by atoms with Crippen molar-refractivity contribution in [2.24, 2.45) is 0 Å². The van der Waals surface area contributed by atoms with Crippen molar-refractivity contribution in [3.8, 4) is 17.2 Å². The molecule has 0 radical (unpaired) electrons. The number of hydrogen-bond donors (Lipinski definition) is 0. The fourth-order valence-corrected chi connectivity index (χ4v) is 3.32. The molecule has 9 heteroatoms.